The zero-order valence-corrected chi connectivity index (χ0v) is 10.5. The molecule has 0 heterocycles. The van der Waals surface area contributed by atoms with Crippen molar-refractivity contribution in [3.8, 4) is 0 Å². The molecule has 0 saturated heterocycles. The SMILES string of the molecule is C[C@@H]1C2=C(CCCC2=O)[C@H](C)C1=C(Cl)Cl. The molecule has 0 spiro atoms. The van der Waals surface area contributed by atoms with Crippen LogP contribution in [0.2, 0.25) is 0 Å². The molecule has 0 fully saturated rings. The van der Waals surface area contributed by atoms with Crippen LogP contribution in [0.4, 0.5) is 0 Å². The Balaban J connectivity index is 2.49. The van der Waals surface area contributed by atoms with Crippen molar-refractivity contribution in [2.24, 2.45) is 11.8 Å². The van der Waals surface area contributed by atoms with Gasteiger partial charge in [-0.25, -0.2) is 0 Å². The first-order valence-electron chi connectivity index (χ1n) is 5.35. The average Bonchev–Trinajstić information content (AvgIpc) is 2.40. The van der Waals surface area contributed by atoms with Crippen molar-refractivity contribution in [1.82, 2.24) is 0 Å². The van der Waals surface area contributed by atoms with Crippen molar-refractivity contribution in [2.45, 2.75) is 33.1 Å². The first kappa shape index (κ1) is 11.2. The van der Waals surface area contributed by atoms with Crippen molar-refractivity contribution < 1.29 is 4.79 Å². The summed E-state index contributed by atoms with van der Waals surface area (Å²) in [7, 11) is 0. The first-order valence-corrected chi connectivity index (χ1v) is 6.10. The molecule has 82 valence electrons. The van der Waals surface area contributed by atoms with Crippen molar-refractivity contribution in [3.05, 3.63) is 21.2 Å². The number of carbonyl (C=O) groups is 1. The van der Waals surface area contributed by atoms with E-state index in [1.165, 1.54) is 5.57 Å². The first-order chi connectivity index (χ1) is 7.04. The minimum atomic E-state index is 0.118. The second-order valence-electron chi connectivity index (χ2n) is 4.37. The Bertz CT molecular complexity index is 375. The lowest BCUT2D eigenvalue weighted by molar-refractivity contribution is -0.116. The summed E-state index contributed by atoms with van der Waals surface area (Å²) in [4.78, 5) is 11.8. The normalized spacial score (nSPS) is 30.9. The van der Waals surface area contributed by atoms with Crippen molar-refractivity contribution in [2.75, 3.05) is 0 Å². The van der Waals surface area contributed by atoms with E-state index in [-0.39, 0.29) is 11.8 Å². The summed E-state index contributed by atoms with van der Waals surface area (Å²) < 4.78 is 0.345. The van der Waals surface area contributed by atoms with E-state index in [9.17, 15) is 4.79 Å². The van der Waals surface area contributed by atoms with Crippen LogP contribution < -0.4 is 0 Å². The smallest absolute Gasteiger partial charge is 0.159 e. The second-order valence-corrected chi connectivity index (χ2v) is 5.32. The van der Waals surface area contributed by atoms with Crippen molar-refractivity contribution in [1.29, 1.82) is 0 Å². The molecular weight excluding hydrogens is 231 g/mol. The number of carbonyl (C=O) groups excluding carboxylic acids is 1. The summed E-state index contributed by atoms with van der Waals surface area (Å²) in [5.41, 5.74) is 3.29. The van der Waals surface area contributed by atoms with Crippen LogP contribution in [0.5, 0.6) is 0 Å². The maximum Gasteiger partial charge on any atom is 0.159 e. The highest BCUT2D eigenvalue weighted by atomic mass is 35.5. The van der Waals surface area contributed by atoms with Gasteiger partial charge < -0.3 is 0 Å². The van der Waals surface area contributed by atoms with Gasteiger partial charge in [-0.2, -0.15) is 0 Å². The lowest BCUT2D eigenvalue weighted by Gasteiger charge is -2.15. The van der Waals surface area contributed by atoms with Gasteiger partial charge in [0.1, 0.15) is 4.49 Å². The largest absolute Gasteiger partial charge is 0.295 e. The topological polar surface area (TPSA) is 17.1 Å². The summed E-state index contributed by atoms with van der Waals surface area (Å²) >= 11 is 11.8. The Morgan fingerprint density at radius 2 is 1.87 bits per heavy atom. The van der Waals surface area contributed by atoms with Crippen LogP contribution in [-0.2, 0) is 4.79 Å². The molecule has 2 aliphatic rings. The van der Waals surface area contributed by atoms with Crippen LogP contribution in [0.1, 0.15) is 33.1 Å². The molecule has 1 nitrogen and oxygen atoms in total. The molecule has 2 rings (SSSR count). The molecule has 15 heavy (non-hydrogen) atoms. The Hall–Kier alpha value is -0.270. The van der Waals surface area contributed by atoms with Gasteiger partial charge in [0.05, 0.1) is 0 Å². The maximum absolute atomic E-state index is 11.8. The summed E-state index contributed by atoms with van der Waals surface area (Å²) in [5, 5.41) is 0. The highest BCUT2D eigenvalue weighted by Crippen LogP contribution is 2.48. The Kier molecular flexibility index (Phi) is 2.96. The number of halogens is 2. The van der Waals surface area contributed by atoms with E-state index in [0.29, 0.717) is 16.7 Å². The molecule has 0 amide bonds. The molecule has 0 bridgehead atoms. The molecule has 0 aromatic carbocycles. The summed E-state index contributed by atoms with van der Waals surface area (Å²) in [6.07, 6.45) is 2.68. The molecule has 0 unspecified atom stereocenters. The van der Waals surface area contributed by atoms with Crippen LogP contribution >= 0.6 is 23.2 Å². The van der Waals surface area contributed by atoms with Crippen LogP contribution in [0.15, 0.2) is 21.2 Å². The zero-order chi connectivity index (χ0) is 11.2. The Labute approximate surface area is 100 Å². The molecule has 0 aromatic rings. The predicted molar refractivity (Wildman–Crippen MR) is 62.9 cm³/mol. The number of Topliss-reactive ketones (excluding diaryl/α,β-unsaturated/α-hetero) is 1. The summed E-state index contributed by atoms with van der Waals surface area (Å²) in [6, 6.07) is 0. The monoisotopic (exact) mass is 244 g/mol. The number of ketones is 1. The summed E-state index contributed by atoms with van der Waals surface area (Å²) in [5.74, 6) is 0.664. The molecular formula is C12H14Cl2O. The molecule has 3 heteroatoms. The van der Waals surface area contributed by atoms with E-state index in [0.717, 1.165) is 24.0 Å². The summed E-state index contributed by atoms with van der Waals surface area (Å²) in [6.45, 7) is 4.12. The molecule has 2 aliphatic carbocycles. The number of hydrogen-bond acceptors (Lipinski definition) is 1. The fourth-order valence-corrected chi connectivity index (χ4v) is 3.56. The van der Waals surface area contributed by atoms with Gasteiger partial charge in [-0.15, -0.1) is 0 Å². The standard InChI is InChI=1S/C12H14Cl2O/c1-6-8-4-3-5-9(15)11(8)7(2)10(6)12(13)14/h6-7H,3-5H2,1-2H3/t6-,7-/m0/s1. The third-order valence-electron chi connectivity index (χ3n) is 3.60. The van der Waals surface area contributed by atoms with Crippen LogP contribution in [0.25, 0.3) is 0 Å². The minimum Gasteiger partial charge on any atom is -0.295 e. The van der Waals surface area contributed by atoms with E-state index in [2.05, 4.69) is 6.92 Å². The predicted octanol–water partition coefficient (Wildman–Crippen LogP) is 4.01. The number of rotatable bonds is 0. The molecule has 0 radical (unpaired) electrons. The quantitative estimate of drug-likeness (QED) is 0.630. The van der Waals surface area contributed by atoms with Gasteiger partial charge in [0.25, 0.3) is 0 Å². The van der Waals surface area contributed by atoms with Gasteiger partial charge in [-0.1, -0.05) is 42.6 Å². The fraction of sp³-hybridized carbons (Fsp3) is 0.583. The van der Waals surface area contributed by atoms with Gasteiger partial charge in [-0.05, 0) is 18.4 Å². The van der Waals surface area contributed by atoms with E-state index in [1.807, 2.05) is 6.92 Å². The second kappa shape index (κ2) is 3.95. The molecule has 0 saturated carbocycles. The highest BCUT2D eigenvalue weighted by molar-refractivity contribution is 6.56. The zero-order valence-electron chi connectivity index (χ0n) is 8.94. The van der Waals surface area contributed by atoms with E-state index in [1.54, 1.807) is 0 Å². The van der Waals surface area contributed by atoms with E-state index < -0.39 is 0 Å². The molecule has 0 aromatic heterocycles. The molecule has 2 atom stereocenters. The highest BCUT2D eigenvalue weighted by Gasteiger charge is 2.38. The average molecular weight is 245 g/mol. The number of hydrogen-bond donors (Lipinski definition) is 0. The van der Waals surface area contributed by atoms with Crippen LogP contribution in [0, 0.1) is 11.8 Å². The minimum absolute atomic E-state index is 0.118. The van der Waals surface area contributed by atoms with Gasteiger partial charge in [0.15, 0.2) is 5.78 Å². The fourth-order valence-electron chi connectivity index (χ4n) is 2.90. The maximum atomic E-state index is 11.8. The number of allylic oxidation sites excluding steroid dienone is 3. The Morgan fingerprint density at radius 1 is 1.20 bits per heavy atom. The third-order valence-corrected chi connectivity index (χ3v) is 4.04. The van der Waals surface area contributed by atoms with Gasteiger partial charge in [-0.3, -0.25) is 4.79 Å². The van der Waals surface area contributed by atoms with Crippen molar-refractivity contribution in [3.63, 3.8) is 0 Å². The van der Waals surface area contributed by atoms with Gasteiger partial charge >= 0.3 is 0 Å². The third kappa shape index (κ3) is 1.66. The van der Waals surface area contributed by atoms with Gasteiger partial charge in [0.2, 0.25) is 0 Å². The Morgan fingerprint density at radius 3 is 2.40 bits per heavy atom. The van der Waals surface area contributed by atoms with Crippen LogP contribution in [0.3, 0.4) is 0 Å². The lowest BCUT2D eigenvalue weighted by atomic mass is 9.88. The van der Waals surface area contributed by atoms with Gasteiger partial charge in [0, 0.05) is 23.8 Å². The molecule has 0 aliphatic heterocycles. The molecule has 0 N–H and O–H groups in total. The van der Waals surface area contributed by atoms with E-state index in [4.69, 9.17) is 23.2 Å². The van der Waals surface area contributed by atoms with E-state index >= 15 is 0 Å². The lowest BCUT2D eigenvalue weighted by Crippen LogP contribution is -2.12. The van der Waals surface area contributed by atoms with Crippen molar-refractivity contribution >= 4 is 29.0 Å². The van der Waals surface area contributed by atoms with Crippen LogP contribution in [-0.4, -0.2) is 5.78 Å².